The molecule has 0 spiro atoms. The van der Waals surface area contributed by atoms with Gasteiger partial charge in [-0.3, -0.25) is 4.79 Å². The number of anilines is 1. The minimum atomic E-state index is -0.552. The van der Waals surface area contributed by atoms with Gasteiger partial charge in [0.05, 0.1) is 19.3 Å². The van der Waals surface area contributed by atoms with Crippen LogP contribution in [-0.4, -0.2) is 25.2 Å². The minimum Gasteiger partial charge on any atom is -0.346 e. The Hall–Kier alpha value is -1.43. The van der Waals surface area contributed by atoms with Crippen molar-refractivity contribution in [2.24, 2.45) is 11.1 Å². The molecule has 1 heterocycles. The number of hydrogen-bond donors (Lipinski definition) is 2. The maximum atomic E-state index is 12.0. The smallest absolute Gasteiger partial charge is 0.241 e. The monoisotopic (exact) mass is 278 g/mol. The van der Waals surface area contributed by atoms with E-state index in [1.807, 2.05) is 45.0 Å². The summed E-state index contributed by atoms with van der Waals surface area (Å²) in [5, 5.41) is 2.82. The fourth-order valence-electron chi connectivity index (χ4n) is 1.89. The lowest BCUT2D eigenvalue weighted by atomic mass is 9.87. The van der Waals surface area contributed by atoms with Gasteiger partial charge in [0.2, 0.25) is 5.91 Å². The first-order valence-electron chi connectivity index (χ1n) is 6.77. The lowest BCUT2D eigenvalue weighted by Crippen LogP contribution is -2.45. The quantitative estimate of drug-likeness (QED) is 0.887. The Bertz CT molecular complexity index is 459. The summed E-state index contributed by atoms with van der Waals surface area (Å²) in [6, 6.07) is 6.87. The van der Waals surface area contributed by atoms with Crippen molar-refractivity contribution in [2.45, 2.75) is 33.1 Å². The molecule has 0 aliphatic carbocycles. The molecule has 5 heteroatoms. The van der Waals surface area contributed by atoms with Crippen molar-refractivity contribution in [1.29, 1.82) is 0 Å². The zero-order valence-corrected chi connectivity index (χ0v) is 12.2. The molecule has 1 amide bonds. The van der Waals surface area contributed by atoms with Crippen LogP contribution in [0.1, 0.15) is 32.6 Å². The van der Waals surface area contributed by atoms with Crippen LogP contribution in [0.5, 0.6) is 0 Å². The lowest BCUT2D eigenvalue weighted by molar-refractivity contribution is -0.119. The first kappa shape index (κ1) is 15.0. The van der Waals surface area contributed by atoms with Gasteiger partial charge in [-0.25, -0.2) is 0 Å². The standard InChI is InChI=1S/C15H22N2O3/c1-15(2,3)12(16)13(18)17-11-6-4-10(5-7-11)14-19-8-9-20-14/h4-7,12,14H,8-9,16H2,1-3H3,(H,17,18)/t12-/m0/s1. The van der Waals surface area contributed by atoms with E-state index in [0.29, 0.717) is 13.2 Å². The van der Waals surface area contributed by atoms with Gasteiger partial charge < -0.3 is 20.5 Å². The molecule has 0 aromatic heterocycles. The van der Waals surface area contributed by atoms with Crippen LogP contribution < -0.4 is 11.1 Å². The van der Waals surface area contributed by atoms with E-state index in [2.05, 4.69) is 5.32 Å². The number of hydrogen-bond acceptors (Lipinski definition) is 4. The Labute approximate surface area is 119 Å². The molecule has 0 radical (unpaired) electrons. The zero-order chi connectivity index (χ0) is 14.8. The average molecular weight is 278 g/mol. The Morgan fingerprint density at radius 3 is 2.30 bits per heavy atom. The third-order valence-corrected chi connectivity index (χ3v) is 3.29. The van der Waals surface area contributed by atoms with E-state index < -0.39 is 6.04 Å². The molecule has 0 bridgehead atoms. The predicted molar refractivity (Wildman–Crippen MR) is 77.1 cm³/mol. The van der Waals surface area contributed by atoms with Gasteiger partial charge in [0.15, 0.2) is 6.29 Å². The SMILES string of the molecule is CC(C)(C)[C@@H](N)C(=O)Nc1ccc(C2OCCO2)cc1. The van der Waals surface area contributed by atoms with Crippen LogP contribution >= 0.6 is 0 Å². The van der Waals surface area contributed by atoms with Gasteiger partial charge in [0.1, 0.15) is 0 Å². The second-order valence-corrected chi connectivity index (χ2v) is 6.03. The maximum Gasteiger partial charge on any atom is 0.241 e. The highest BCUT2D eigenvalue weighted by Gasteiger charge is 2.27. The molecule has 2 rings (SSSR count). The molecule has 0 saturated carbocycles. The molecule has 1 aromatic carbocycles. The fraction of sp³-hybridized carbons (Fsp3) is 0.533. The van der Waals surface area contributed by atoms with Crippen molar-refractivity contribution in [3.63, 3.8) is 0 Å². The van der Waals surface area contributed by atoms with Gasteiger partial charge in [-0.2, -0.15) is 0 Å². The fourth-order valence-corrected chi connectivity index (χ4v) is 1.89. The van der Waals surface area contributed by atoms with Crippen molar-refractivity contribution >= 4 is 11.6 Å². The summed E-state index contributed by atoms with van der Waals surface area (Å²) in [6.45, 7) is 7.05. The van der Waals surface area contributed by atoms with E-state index >= 15 is 0 Å². The van der Waals surface area contributed by atoms with Gasteiger partial charge in [-0.05, 0) is 17.5 Å². The summed E-state index contributed by atoms with van der Waals surface area (Å²) < 4.78 is 10.8. The van der Waals surface area contributed by atoms with Crippen LogP contribution in [0.2, 0.25) is 0 Å². The van der Waals surface area contributed by atoms with Crippen molar-refractivity contribution in [3.05, 3.63) is 29.8 Å². The Morgan fingerprint density at radius 1 is 1.25 bits per heavy atom. The largest absolute Gasteiger partial charge is 0.346 e. The topological polar surface area (TPSA) is 73.6 Å². The number of ether oxygens (including phenoxy) is 2. The van der Waals surface area contributed by atoms with E-state index in [1.165, 1.54) is 0 Å². The van der Waals surface area contributed by atoms with Crippen LogP contribution in [0.4, 0.5) is 5.69 Å². The van der Waals surface area contributed by atoms with Crippen molar-refractivity contribution in [1.82, 2.24) is 0 Å². The van der Waals surface area contributed by atoms with Crippen LogP contribution in [0, 0.1) is 5.41 Å². The van der Waals surface area contributed by atoms with Crippen molar-refractivity contribution in [3.8, 4) is 0 Å². The van der Waals surface area contributed by atoms with E-state index in [1.54, 1.807) is 0 Å². The number of nitrogens with two attached hydrogens (primary N) is 1. The molecular weight excluding hydrogens is 256 g/mol. The minimum absolute atomic E-state index is 0.182. The lowest BCUT2D eigenvalue weighted by Gasteiger charge is -2.25. The van der Waals surface area contributed by atoms with Gasteiger partial charge in [0, 0.05) is 11.3 Å². The van der Waals surface area contributed by atoms with Crippen LogP contribution in [0.25, 0.3) is 0 Å². The number of benzene rings is 1. The van der Waals surface area contributed by atoms with Gasteiger partial charge >= 0.3 is 0 Å². The van der Waals surface area contributed by atoms with E-state index in [-0.39, 0.29) is 17.6 Å². The highest BCUT2D eigenvalue weighted by Crippen LogP contribution is 2.25. The van der Waals surface area contributed by atoms with E-state index in [0.717, 1.165) is 11.3 Å². The Kier molecular flexibility index (Phi) is 4.42. The van der Waals surface area contributed by atoms with Crippen molar-refractivity contribution in [2.75, 3.05) is 18.5 Å². The number of amides is 1. The molecule has 20 heavy (non-hydrogen) atoms. The van der Waals surface area contributed by atoms with Gasteiger partial charge in [0.25, 0.3) is 0 Å². The maximum absolute atomic E-state index is 12.0. The number of nitrogens with one attached hydrogen (secondary N) is 1. The molecule has 1 saturated heterocycles. The molecule has 1 fully saturated rings. The molecule has 5 nitrogen and oxygen atoms in total. The molecule has 3 N–H and O–H groups in total. The highest BCUT2D eigenvalue weighted by molar-refractivity contribution is 5.95. The average Bonchev–Trinajstić information content (AvgIpc) is 2.91. The number of carbonyl (C=O) groups is 1. The molecule has 1 atom stereocenters. The van der Waals surface area contributed by atoms with Crippen LogP contribution in [0.3, 0.4) is 0 Å². The third kappa shape index (κ3) is 3.56. The second kappa shape index (κ2) is 5.91. The molecular formula is C15H22N2O3. The van der Waals surface area contributed by atoms with Gasteiger partial charge in [-0.15, -0.1) is 0 Å². The number of rotatable bonds is 3. The van der Waals surface area contributed by atoms with Crippen LogP contribution in [0.15, 0.2) is 24.3 Å². The first-order valence-corrected chi connectivity index (χ1v) is 6.77. The summed E-state index contributed by atoms with van der Waals surface area (Å²) in [5.41, 5.74) is 7.32. The van der Waals surface area contributed by atoms with Crippen molar-refractivity contribution < 1.29 is 14.3 Å². The summed E-state index contributed by atoms with van der Waals surface area (Å²) in [5.74, 6) is -0.182. The third-order valence-electron chi connectivity index (χ3n) is 3.29. The molecule has 1 aliphatic rings. The molecule has 1 aliphatic heterocycles. The Balaban J connectivity index is 1.98. The molecule has 1 aromatic rings. The predicted octanol–water partition coefficient (Wildman–Crippen LogP) is 2.04. The van der Waals surface area contributed by atoms with E-state index in [9.17, 15) is 4.79 Å². The van der Waals surface area contributed by atoms with Crippen LogP contribution in [-0.2, 0) is 14.3 Å². The normalized spacial score (nSPS) is 18.0. The number of carbonyl (C=O) groups excluding carboxylic acids is 1. The summed E-state index contributed by atoms with van der Waals surface area (Å²) in [7, 11) is 0. The molecule has 0 unspecified atom stereocenters. The summed E-state index contributed by atoms with van der Waals surface area (Å²) in [6.07, 6.45) is -0.295. The van der Waals surface area contributed by atoms with E-state index in [4.69, 9.17) is 15.2 Å². The molecule has 110 valence electrons. The zero-order valence-electron chi connectivity index (χ0n) is 12.2. The second-order valence-electron chi connectivity index (χ2n) is 6.03. The Morgan fingerprint density at radius 2 is 1.80 bits per heavy atom. The first-order chi connectivity index (χ1) is 9.38. The highest BCUT2D eigenvalue weighted by atomic mass is 16.7. The summed E-state index contributed by atoms with van der Waals surface area (Å²) in [4.78, 5) is 12.0. The van der Waals surface area contributed by atoms with Gasteiger partial charge in [-0.1, -0.05) is 32.9 Å². The summed E-state index contributed by atoms with van der Waals surface area (Å²) >= 11 is 0.